The molecule has 0 rings (SSSR count). The Hall–Kier alpha value is -6.10. The van der Waals surface area contributed by atoms with Crippen molar-refractivity contribution < 1.29 is 197 Å². The molecule has 0 aliphatic rings. The number of carbonyl (C=O) groups excluding carboxylic acids is 10. The van der Waals surface area contributed by atoms with Crippen LogP contribution in [-0.4, -0.2) is 360 Å². The van der Waals surface area contributed by atoms with Crippen LogP contribution >= 0.6 is 0 Å². The van der Waals surface area contributed by atoms with E-state index in [4.69, 9.17) is 102 Å². The lowest BCUT2D eigenvalue weighted by atomic mass is 10.8. The topological polar surface area (TPSA) is 668 Å². The largest absolute Gasteiger partial charge is 0.466 e. The van der Waals surface area contributed by atoms with Crippen molar-refractivity contribution in [1.29, 1.82) is 0 Å². The van der Waals surface area contributed by atoms with Crippen molar-refractivity contribution in [2.75, 3.05) is 198 Å². The zero-order chi connectivity index (χ0) is 104. The summed E-state index contributed by atoms with van der Waals surface area (Å²) >= 11 is 0. The Morgan fingerprint density at radius 3 is 0.142 bits per heavy atom. The molecule has 0 radical (unpaired) electrons. The van der Waals surface area contributed by atoms with Gasteiger partial charge in [-0.2, -0.15) is 0 Å². The summed E-state index contributed by atoms with van der Waals surface area (Å²) in [5.41, 5.74) is 0. The molecule has 0 spiro atoms. The maximum absolute atomic E-state index is 9.82. The zero-order valence-electron chi connectivity index (χ0n) is 83.3. The normalized spacial score (nSPS) is 6.83. The summed E-state index contributed by atoms with van der Waals surface area (Å²) in [7, 11) is 0. The average molecular weight is 1800 g/mol. The van der Waals surface area contributed by atoms with Crippen molar-refractivity contribution >= 4 is 59.7 Å². The SMILES string of the molecule is CCO.CCO.CCO.CCO.CCO.CCO.CCO.CCO.CCO.CCO.CCO.CCO.CCO.CCO.CCO.CCO.CCO.CCO.CCO.CCO.CCOC(C)=O.CCOC(C)=O.CCOC(C)=O.CCOC(C)=O.CCOC(C)=O.CCOC(C)=O.CCOC(C)=O.CCOC(C)=O.CCOC(C)=O.CCOC(C)=O. The van der Waals surface area contributed by atoms with Crippen molar-refractivity contribution in [3.63, 3.8) is 0 Å². The van der Waals surface area contributed by atoms with Crippen LogP contribution < -0.4 is 0 Å². The fraction of sp³-hybridized carbons (Fsp3) is 0.875. The lowest BCUT2D eigenvalue weighted by Gasteiger charge is -1.89. The van der Waals surface area contributed by atoms with Crippen LogP contribution in [-0.2, 0) is 95.3 Å². The summed E-state index contributed by atoms with van der Waals surface area (Å²) in [5.74, 6) is -2.11. The molecule has 40 nitrogen and oxygen atoms in total. The van der Waals surface area contributed by atoms with Gasteiger partial charge in [0.05, 0.1) is 66.1 Å². The molecular formula is C80H200O40. The van der Waals surface area contributed by atoms with E-state index >= 15 is 0 Å². The Morgan fingerprint density at radius 2 is 0.142 bits per heavy atom. The van der Waals surface area contributed by atoms with E-state index in [1.165, 1.54) is 69.2 Å². The van der Waals surface area contributed by atoms with Gasteiger partial charge >= 0.3 is 59.7 Å². The van der Waals surface area contributed by atoms with E-state index in [0.717, 1.165) is 0 Å². The Balaban J connectivity index is -0.0000000251. The van der Waals surface area contributed by atoms with Gasteiger partial charge in [-0.3, -0.25) is 47.9 Å². The van der Waals surface area contributed by atoms with E-state index in [0.29, 0.717) is 66.1 Å². The molecule has 0 heterocycles. The molecular weight excluding hydrogens is 1600 g/mol. The van der Waals surface area contributed by atoms with Crippen LogP contribution in [0.3, 0.4) is 0 Å². The van der Waals surface area contributed by atoms with Gasteiger partial charge in [-0.15, -0.1) is 0 Å². The molecule has 0 unspecified atom stereocenters. The second-order valence-electron chi connectivity index (χ2n) is 15.6. The predicted molar refractivity (Wildman–Crippen MR) is 478 cm³/mol. The van der Waals surface area contributed by atoms with Crippen molar-refractivity contribution in [2.45, 2.75) is 277 Å². The Labute approximate surface area is 729 Å². The van der Waals surface area contributed by atoms with Crippen molar-refractivity contribution in [3.05, 3.63) is 0 Å². The summed E-state index contributed by atoms with van der Waals surface area (Å²) in [4.78, 5) is 98.2. The molecule has 0 aromatic heterocycles. The maximum Gasteiger partial charge on any atom is 0.302 e. The number of carbonyl (C=O) groups is 10. The minimum absolute atomic E-state index is 0.211. The van der Waals surface area contributed by atoms with Gasteiger partial charge in [-0.25, -0.2) is 0 Å². The molecule has 760 valence electrons. The van der Waals surface area contributed by atoms with E-state index in [1.54, 1.807) is 208 Å². The van der Waals surface area contributed by atoms with E-state index in [-0.39, 0.29) is 192 Å². The first-order chi connectivity index (χ1) is 56.0. The fourth-order valence-corrected chi connectivity index (χ4v) is 2.03. The van der Waals surface area contributed by atoms with Gasteiger partial charge in [0.1, 0.15) is 0 Å². The molecule has 0 aliphatic carbocycles. The summed E-state index contributed by atoms with van der Waals surface area (Å²) < 4.78 is 44.0. The minimum atomic E-state index is -0.211. The molecule has 120 heavy (non-hydrogen) atoms. The van der Waals surface area contributed by atoms with Crippen molar-refractivity contribution in [2.24, 2.45) is 0 Å². The number of rotatable bonds is 10. The molecule has 0 bridgehead atoms. The van der Waals surface area contributed by atoms with Crippen LogP contribution in [0.4, 0.5) is 0 Å². The first-order valence-electron chi connectivity index (χ1n) is 39.5. The predicted octanol–water partition coefficient (Wildman–Crippen LogP) is 5.67. The summed E-state index contributed by atoms with van der Waals surface area (Å²) in [5, 5.41) is 151. The van der Waals surface area contributed by atoms with E-state index in [1.807, 2.05) is 0 Å². The number of hydrogen-bond donors (Lipinski definition) is 20. The van der Waals surface area contributed by atoms with E-state index in [2.05, 4.69) is 47.4 Å². The van der Waals surface area contributed by atoms with Gasteiger partial charge in [0.15, 0.2) is 0 Å². The Bertz CT molecular complexity index is 1050. The third-order valence-electron chi connectivity index (χ3n) is 3.48. The third-order valence-corrected chi connectivity index (χ3v) is 3.48. The highest BCUT2D eigenvalue weighted by Gasteiger charge is 1.87. The van der Waals surface area contributed by atoms with Crippen LogP contribution in [0.25, 0.3) is 0 Å². The number of esters is 10. The minimum Gasteiger partial charge on any atom is -0.466 e. The van der Waals surface area contributed by atoms with Gasteiger partial charge < -0.3 is 149 Å². The third kappa shape index (κ3) is 2410. The second kappa shape index (κ2) is 346. The molecule has 20 N–H and O–H groups in total. The molecule has 0 saturated heterocycles. The Kier molecular flexibility index (Phi) is 595. The number of ether oxygens (including phenoxy) is 10. The zero-order valence-corrected chi connectivity index (χ0v) is 83.3. The molecule has 0 aromatic rings. The highest BCUT2D eigenvalue weighted by atomic mass is 16.6. The standard InChI is InChI=1S/10C4H8O2.20C2H6O/c10*1-3-6-4(2)5;20*1-2-3/h10*3H2,1-2H3;20*3H,2H2,1H3. The smallest absolute Gasteiger partial charge is 0.302 e. The molecule has 0 saturated carbocycles. The molecule has 40 heteroatoms. The van der Waals surface area contributed by atoms with Gasteiger partial charge in [0.25, 0.3) is 0 Å². The first kappa shape index (κ1) is 206. The van der Waals surface area contributed by atoms with Crippen LogP contribution in [0, 0.1) is 0 Å². The van der Waals surface area contributed by atoms with Crippen molar-refractivity contribution in [3.8, 4) is 0 Å². The lowest BCUT2D eigenvalue weighted by molar-refractivity contribution is -0.141. The number of hydrogen-bond acceptors (Lipinski definition) is 40. The number of aliphatic hydroxyl groups excluding tert-OH is 20. The van der Waals surface area contributed by atoms with E-state index in [9.17, 15) is 47.9 Å². The summed E-state index contributed by atoms with van der Waals surface area (Å²) in [6.07, 6.45) is 0. The number of aliphatic hydroxyl groups is 20. The van der Waals surface area contributed by atoms with E-state index < -0.39 is 0 Å². The second-order valence-corrected chi connectivity index (χ2v) is 15.6. The monoisotopic (exact) mass is 1800 g/mol. The first-order valence-corrected chi connectivity index (χ1v) is 39.5. The van der Waals surface area contributed by atoms with Crippen molar-refractivity contribution in [1.82, 2.24) is 0 Å². The molecule has 0 atom stereocenters. The average Bonchev–Trinajstić information content (AvgIpc) is 1.88. The van der Waals surface area contributed by atoms with Gasteiger partial charge in [-0.1, -0.05) is 0 Å². The summed E-state index contributed by atoms with van der Waals surface area (Å²) in [6, 6.07) is 0. The lowest BCUT2D eigenvalue weighted by Crippen LogP contribution is -1.95. The van der Waals surface area contributed by atoms with Gasteiger partial charge in [0, 0.05) is 201 Å². The Morgan fingerprint density at radius 1 is 0.117 bits per heavy atom. The van der Waals surface area contributed by atoms with Crippen LogP contribution in [0.1, 0.15) is 277 Å². The summed E-state index contributed by atoms with van der Waals surface area (Å²) in [6.45, 7) is 75.1. The van der Waals surface area contributed by atoms with Crippen LogP contribution in [0.5, 0.6) is 0 Å². The van der Waals surface area contributed by atoms with Gasteiger partial charge in [-0.05, 0) is 208 Å². The quantitative estimate of drug-likeness (QED) is 0.0925. The highest BCUT2D eigenvalue weighted by Crippen LogP contribution is 1.75. The highest BCUT2D eigenvalue weighted by molar-refractivity contribution is 5.68. The molecule has 0 fully saturated rings. The fourth-order valence-electron chi connectivity index (χ4n) is 2.03. The van der Waals surface area contributed by atoms with Gasteiger partial charge in [0.2, 0.25) is 0 Å². The van der Waals surface area contributed by atoms with Crippen LogP contribution in [0.2, 0.25) is 0 Å². The molecule has 0 aliphatic heterocycles. The molecule has 0 aromatic carbocycles. The van der Waals surface area contributed by atoms with Crippen LogP contribution in [0.15, 0.2) is 0 Å². The maximum atomic E-state index is 9.82. The molecule has 0 amide bonds.